The first-order valence-corrected chi connectivity index (χ1v) is 8.29. The third-order valence-corrected chi connectivity index (χ3v) is 5.18. The molecule has 0 fully saturated rings. The van der Waals surface area contributed by atoms with Gasteiger partial charge in [0.15, 0.2) is 0 Å². The summed E-state index contributed by atoms with van der Waals surface area (Å²) < 4.78 is 1.32. The summed E-state index contributed by atoms with van der Waals surface area (Å²) in [6.45, 7) is 2.39. The average molecular weight is 303 g/mol. The lowest BCUT2D eigenvalue weighted by Crippen LogP contribution is -2.18. The number of benzene rings is 1. The van der Waals surface area contributed by atoms with E-state index >= 15 is 0 Å². The summed E-state index contributed by atoms with van der Waals surface area (Å²) in [4.78, 5) is 7.93. The second-order valence-corrected chi connectivity index (χ2v) is 6.71. The maximum Gasteiger partial charge on any atom is 0.0795 e. The minimum Gasteiger partial charge on any atom is -0.326 e. The Morgan fingerprint density at radius 1 is 1.25 bits per heavy atom. The first-order chi connectivity index (χ1) is 9.78. The Balaban J connectivity index is 1.85. The van der Waals surface area contributed by atoms with Crippen LogP contribution in [0.3, 0.4) is 0 Å². The van der Waals surface area contributed by atoms with Crippen molar-refractivity contribution in [2.24, 2.45) is 5.73 Å². The predicted octanol–water partition coefficient (Wildman–Crippen LogP) is 3.45. The van der Waals surface area contributed by atoms with Crippen LogP contribution in [-0.2, 0) is 19.6 Å². The first kappa shape index (κ1) is 13.7. The largest absolute Gasteiger partial charge is 0.326 e. The number of thiazole rings is 1. The van der Waals surface area contributed by atoms with Crippen molar-refractivity contribution in [3.05, 3.63) is 51.3 Å². The van der Waals surface area contributed by atoms with Gasteiger partial charge >= 0.3 is 0 Å². The van der Waals surface area contributed by atoms with E-state index in [2.05, 4.69) is 46.6 Å². The van der Waals surface area contributed by atoms with E-state index in [0.29, 0.717) is 6.54 Å². The van der Waals surface area contributed by atoms with Gasteiger partial charge in [-0.15, -0.1) is 22.7 Å². The Morgan fingerprint density at radius 3 is 2.85 bits per heavy atom. The lowest BCUT2D eigenvalue weighted by atomic mass is 10.1. The van der Waals surface area contributed by atoms with Gasteiger partial charge in [0.05, 0.1) is 11.2 Å². The molecule has 2 N–H and O–H groups in total. The van der Waals surface area contributed by atoms with Crippen LogP contribution in [0.15, 0.2) is 35.2 Å². The van der Waals surface area contributed by atoms with Crippen molar-refractivity contribution in [2.75, 3.05) is 7.05 Å². The van der Waals surface area contributed by atoms with Gasteiger partial charge in [-0.3, -0.25) is 4.90 Å². The molecule has 2 aromatic heterocycles. The molecule has 0 saturated carbocycles. The van der Waals surface area contributed by atoms with Crippen LogP contribution in [0, 0.1) is 0 Å². The van der Waals surface area contributed by atoms with Crippen LogP contribution in [-0.4, -0.2) is 16.9 Å². The van der Waals surface area contributed by atoms with Gasteiger partial charge in [-0.2, -0.15) is 0 Å². The van der Waals surface area contributed by atoms with Crippen molar-refractivity contribution in [3.8, 4) is 0 Å². The molecule has 0 bridgehead atoms. The second-order valence-electron chi connectivity index (χ2n) is 4.86. The first-order valence-electron chi connectivity index (χ1n) is 6.53. The second kappa shape index (κ2) is 6.01. The highest BCUT2D eigenvalue weighted by molar-refractivity contribution is 7.19. The molecule has 0 amide bonds. The summed E-state index contributed by atoms with van der Waals surface area (Å²) in [5, 5.41) is 3.44. The number of nitrogens with zero attached hydrogens (tertiary/aromatic N) is 2. The van der Waals surface area contributed by atoms with Crippen LogP contribution >= 0.6 is 22.7 Å². The molecule has 0 aliphatic carbocycles. The van der Waals surface area contributed by atoms with E-state index in [1.54, 1.807) is 11.3 Å². The lowest BCUT2D eigenvalue weighted by Gasteiger charge is -2.16. The Morgan fingerprint density at radius 2 is 2.10 bits per heavy atom. The zero-order chi connectivity index (χ0) is 13.9. The molecule has 0 aliphatic rings. The topological polar surface area (TPSA) is 42.2 Å². The van der Waals surface area contributed by atoms with E-state index in [1.165, 1.54) is 20.5 Å². The molecule has 0 atom stereocenters. The molecule has 1 aromatic carbocycles. The maximum atomic E-state index is 5.91. The number of hydrogen-bond acceptors (Lipinski definition) is 5. The van der Waals surface area contributed by atoms with Crippen LogP contribution < -0.4 is 5.73 Å². The number of rotatable bonds is 5. The molecular weight excluding hydrogens is 286 g/mol. The minimum atomic E-state index is 0.610. The highest BCUT2D eigenvalue weighted by atomic mass is 32.1. The monoisotopic (exact) mass is 303 g/mol. The smallest absolute Gasteiger partial charge is 0.0795 e. The fourth-order valence-electron chi connectivity index (χ4n) is 2.41. The average Bonchev–Trinajstić information content (AvgIpc) is 3.07. The zero-order valence-corrected chi connectivity index (χ0v) is 13.0. The third-order valence-electron chi connectivity index (χ3n) is 3.31. The van der Waals surface area contributed by atoms with Crippen molar-refractivity contribution in [2.45, 2.75) is 19.6 Å². The SMILES string of the molecule is CN(Cc1cscn1)Cc1c(CN)sc2ccccc12. The van der Waals surface area contributed by atoms with E-state index < -0.39 is 0 Å². The van der Waals surface area contributed by atoms with Crippen molar-refractivity contribution in [3.63, 3.8) is 0 Å². The molecule has 3 rings (SSSR count). The van der Waals surface area contributed by atoms with Gasteiger partial charge in [-0.1, -0.05) is 18.2 Å². The Bertz CT molecular complexity index is 688. The Kier molecular flexibility index (Phi) is 4.12. The summed E-state index contributed by atoms with van der Waals surface area (Å²) in [6, 6.07) is 8.54. The quantitative estimate of drug-likeness (QED) is 0.785. The van der Waals surface area contributed by atoms with Crippen molar-refractivity contribution in [1.29, 1.82) is 0 Å². The molecule has 0 radical (unpaired) electrons. The summed E-state index contributed by atoms with van der Waals surface area (Å²) in [5.74, 6) is 0. The summed E-state index contributed by atoms with van der Waals surface area (Å²) in [6.07, 6.45) is 0. The van der Waals surface area contributed by atoms with Gasteiger partial charge in [-0.25, -0.2) is 4.98 Å². The van der Waals surface area contributed by atoms with E-state index in [9.17, 15) is 0 Å². The summed E-state index contributed by atoms with van der Waals surface area (Å²) >= 11 is 3.45. The van der Waals surface area contributed by atoms with E-state index in [1.807, 2.05) is 16.8 Å². The third kappa shape index (κ3) is 2.76. The van der Waals surface area contributed by atoms with Crippen LogP contribution in [0.4, 0.5) is 0 Å². The normalized spacial score (nSPS) is 11.6. The number of hydrogen-bond donors (Lipinski definition) is 1. The minimum absolute atomic E-state index is 0.610. The molecule has 3 aromatic rings. The molecule has 2 heterocycles. The van der Waals surface area contributed by atoms with Crippen LogP contribution in [0.5, 0.6) is 0 Å². The maximum absolute atomic E-state index is 5.91. The molecule has 104 valence electrons. The van der Waals surface area contributed by atoms with Gasteiger partial charge < -0.3 is 5.73 Å². The van der Waals surface area contributed by atoms with E-state index in [-0.39, 0.29) is 0 Å². The fourth-order valence-corrected chi connectivity index (χ4v) is 4.05. The Labute approximate surface area is 126 Å². The number of thiophene rings is 1. The van der Waals surface area contributed by atoms with Crippen molar-refractivity contribution in [1.82, 2.24) is 9.88 Å². The van der Waals surface area contributed by atoms with Crippen molar-refractivity contribution < 1.29 is 0 Å². The highest BCUT2D eigenvalue weighted by Gasteiger charge is 2.13. The van der Waals surface area contributed by atoms with E-state index in [4.69, 9.17) is 5.73 Å². The molecule has 0 spiro atoms. The van der Waals surface area contributed by atoms with Gasteiger partial charge in [-0.05, 0) is 24.1 Å². The molecule has 3 nitrogen and oxygen atoms in total. The number of fused-ring (bicyclic) bond motifs is 1. The predicted molar refractivity (Wildman–Crippen MR) is 87.0 cm³/mol. The molecule has 20 heavy (non-hydrogen) atoms. The number of aromatic nitrogens is 1. The fraction of sp³-hybridized carbons (Fsp3) is 0.267. The summed E-state index contributed by atoms with van der Waals surface area (Å²) in [7, 11) is 2.13. The van der Waals surface area contributed by atoms with Crippen LogP contribution in [0.2, 0.25) is 0 Å². The van der Waals surface area contributed by atoms with Gasteiger partial charge in [0, 0.05) is 34.6 Å². The van der Waals surface area contributed by atoms with Gasteiger partial charge in [0.2, 0.25) is 0 Å². The van der Waals surface area contributed by atoms with Crippen molar-refractivity contribution >= 4 is 32.8 Å². The molecular formula is C15H17N3S2. The zero-order valence-electron chi connectivity index (χ0n) is 11.4. The number of nitrogens with two attached hydrogens (primary N) is 1. The molecule has 0 aliphatic heterocycles. The highest BCUT2D eigenvalue weighted by Crippen LogP contribution is 2.31. The lowest BCUT2D eigenvalue weighted by molar-refractivity contribution is 0.316. The standard InChI is InChI=1S/C15H17N3S2/c1-18(7-11-9-19-10-17-11)8-13-12-4-2-3-5-14(12)20-15(13)6-16/h2-5,9-10H,6-8,16H2,1H3. The Hall–Kier alpha value is -1.27. The molecule has 0 saturated heterocycles. The summed E-state index contributed by atoms with van der Waals surface area (Å²) in [5.41, 5.74) is 10.3. The van der Waals surface area contributed by atoms with Crippen LogP contribution in [0.1, 0.15) is 16.1 Å². The van der Waals surface area contributed by atoms with Gasteiger partial charge in [0.1, 0.15) is 0 Å². The van der Waals surface area contributed by atoms with E-state index in [0.717, 1.165) is 18.8 Å². The molecule has 5 heteroatoms. The van der Waals surface area contributed by atoms with Gasteiger partial charge in [0.25, 0.3) is 0 Å². The molecule has 0 unspecified atom stereocenters. The van der Waals surface area contributed by atoms with Crippen LogP contribution in [0.25, 0.3) is 10.1 Å².